The van der Waals surface area contributed by atoms with Crippen LogP contribution < -0.4 is 0 Å². The number of benzene rings is 1. The molecule has 0 aliphatic carbocycles. The summed E-state index contributed by atoms with van der Waals surface area (Å²) < 4.78 is 4.73. The number of para-hydroxylation sites is 1. The van der Waals surface area contributed by atoms with Gasteiger partial charge in [-0.2, -0.15) is 0 Å². The van der Waals surface area contributed by atoms with Crippen LogP contribution in [0.3, 0.4) is 0 Å². The summed E-state index contributed by atoms with van der Waals surface area (Å²) in [5.74, 6) is -0.245. The maximum Gasteiger partial charge on any atom is 0.310 e. The van der Waals surface area contributed by atoms with Gasteiger partial charge in [-0.3, -0.25) is 4.79 Å². The second kappa shape index (κ2) is 5.69. The molecule has 18 heavy (non-hydrogen) atoms. The molecule has 1 aromatic carbocycles. The molecular weight excluding hydrogens is 230 g/mol. The summed E-state index contributed by atoms with van der Waals surface area (Å²) in [4.78, 5) is 14.8. The number of carbonyl (C=O) groups excluding carboxylic acids is 1. The van der Waals surface area contributed by atoms with Gasteiger partial charge in [0, 0.05) is 23.2 Å². The minimum absolute atomic E-state index is 0.146. The van der Waals surface area contributed by atoms with Crippen molar-refractivity contribution >= 4 is 16.9 Å². The van der Waals surface area contributed by atoms with Gasteiger partial charge >= 0.3 is 5.97 Å². The van der Waals surface area contributed by atoms with Crippen LogP contribution in [0.15, 0.2) is 24.3 Å². The summed E-state index contributed by atoms with van der Waals surface area (Å²) in [7, 11) is 1.39. The van der Waals surface area contributed by atoms with Crippen molar-refractivity contribution in [2.75, 3.05) is 13.7 Å². The summed E-state index contributed by atoms with van der Waals surface area (Å²) >= 11 is 0. The van der Waals surface area contributed by atoms with Gasteiger partial charge in [-0.05, 0) is 24.5 Å². The Morgan fingerprint density at radius 3 is 2.89 bits per heavy atom. The number of aryl methyl sites for hydroxylation is 1. The molecule has 0 atom stereocenters. The third-order valence-corrected chi connectivity index (χ3v) is 3.04. The van der Waals surface area contributed by atoms with Gasteiger partial charge < -0.3 is 14.8 Å². The van der Waals surface area contributed by atoms with E-state index in [1.54, 1.807) is 0 Å². The fourth-order valence-corrected chi connectivity index (χ4v) is 2.14. The molecule has 2 N–H and O–H groups in total. The number of hydrogen-bond donors (Lipinski definition) is 2. The van der Waals surface area contributed by atoms with E-state index in [0.717, 1.165) is 28.6 Å². The number of H-pyrrole nitrogens is 1. The molecule has 0 radical (unpaired) electrons. The highest BCUT2D eigenvalue weighted by molar-refractivity contribution is 5.88. The average Bonchev–Trinajstić information content (AvgIpc) is 2.74. The van der Waals surface area contributed by atoms with Gasteiger partial charge in [-0.25, -0.2) is 0 Å². The first-order valence-electron chi connectivity index (χ1n) is 6.02. The van der Waals surface area contributed by atoms with Gasteiger partial charge in [-0.15, -0.1) is 0 Å². The SMILES string of the molecule is COC(=O)Cc1c(CCCO)[nH]c2ccccc12. The predicted molar refractivity (Wildman–Crippen MR) is 69.4 cm³/mol. The number of nitrogens with one attached hydrogen (secondary N) is 1. The Morgan fingerprint density at radius 1 is 1.39 bits per heavy atom. The molecule has 0 aliphatic heterocycles. The standard InChI is InChI=1S/C14H17NO3/c1-18-14(17)9-11-10-5-2-3-6-12(10)15-13(11)7-4-8-16/h2-3,5-6,15-16H,4,7-9H2,1H3. The van der Waals surface area contributed by atoms with E-state index in [1.807, 2.05) is 24.3 Å². The van der Waals surface area contributed by atoms with Crippen molar-refractivity contribution in [3.8, 4) is 0 Å². The number of esters is 1. The average molecular weight is 247 g/mol. The van der Waals surface area contributed by atoms with Crippen LogP contribution in [0.1, 0.15) is 17.7 Å². The van der Waals surface area contributed by atoms with Gasteiger partial charge in [0.05, 0.1) is 13.5 Å². The molecule has 0 saturated heterocycles. The highest BCUT2D eigenvalue weighted by Gasteiger charge is 2.14. The molecule has 0 spiro atoms. The van der Waals surface area contributed by atoms with Gasteiger partial charge in [-0.1, -0.05) is 18.2 Å². The zero-order valence-electron chi connectivity index (χ0n) is 10.4. The van der Waals surface area contributed by atoms with Crippen LogP contribution in [0, 0.1) is 0 Å². The number of hydrogen-bond acceptors (Lipinski definition) is 3. The van der Waals surface area contributed by atoms with Crippen LogP contribution in [0.25, 0.3) is 10.9 Å². The highest BCUT2D eigenvalue weighted by Crippen LogP contribution is 2.24. The first kappa shape index (κ1) is 12.6. The molecule has 2 rings (SSSR count). The molecule has 0 unspecified atom stereocenters. The quantitative estimate of drug-likeness (QED) is 0.792. The van der Waals surface area contributed by atoms with Crippen molar-refractivity contribution in [2.45, 2.75) is 19.3 Å². The van der Waals surface area contributed by atoms with Crippen molar-refractivity contribution in [1.29, 1.82) is 0 Å². The Hall–Kier alpha value is -1.81. The van der Waals surface area contributed by atoms with Crippen molar-refractivity contribution in [3.63, 3.8) is 0 Å². The van der Waals surface area contributed by atoms with Gasteiger partial charge in [0.25, 0.3) is 0 Å². The Balaban J connectivity index is 2.40. The first-order valence-corrected chi connectivity index (χ1v) is 6.02. The molecule has 0 aliphatic rings. The number of fused-ring (bicyclic) bond motifs is 1. The summed E-state index contributed by atoms with van der Waals surface area (Å²) in [5, 5.41) is 9.97. The van der Waals surface area contributed by atoms with Crippen LogP contribution >= 0.6 is 0 Å². The monoisotopic (exact) mass is 247 g/mol. The van der Waals surface area contributed by atoms with E-state index in [2.05, 4.69) is 4.98 Å². The Morgan fingerprint density at radius 2 is 2.17 bits per heavy atom. The lowest BCUT2D eigenvalue weighted by atomic mass is 10.1. The summed E-state index contributed by atoms with van der Waals surface area (Å²) in [6.07, 6.45) is 1.68. The number of rotatable bonds is 5. The highest BCUT2D eigenvalue weighted by atomic mass is 16.5. The molecule has 4 heteroatoms. The summed E-state index contributed by atoms with van der Waals surface area (Å²) in [5.41, 5.74) is 3.01. The smallest absolute Gasteiger partial charge is 0.310 e. The Bertz CT molecular complexity index is 545. The number of aromatic nitrogens is 1. The van der Waals surface area contributed by atoms with Gasteiger partial charge in [0.15, 0.2) is 0 Å². The zero-order valence-corrected chi connectivity index (χ0v) is 10.4. The molecule has 0 amide bonds. The maximum atomic E-state index is 11.5. The molecule has 0 saturated carbocycles. The number of methoxy groups -OCH3 is 1. The van der Waals surface area contributed by atoms with Gasteiger partial charge in [0.2, 0.25) is 0 Å². The van der Waals surface area contributed by atoms with E-state index in [-0.39, 0.29) is 19.0 Å². The lowest BCUT2D eigenvalue weighted by Gasteiger charge is -2.03. The molecular formula is C14H17NO3. The fraction of sp³-hybridized carbons (Fsp3) is 0.357. The van der Waals surface area contributed by atoms with Crippen LogP contribution in [0.4, 0.5) is 0 Å². The largest absolute Gasteiger partial charge is 0.469 e. The zero-order chi connectivity index (χ0) is 13.0. The Kier molecular flexibility index (Phi) is 3.99. The molecule has 1 aromatic heterocycles. The van der Waals surface area contributed by atoms with Crippen LogP contribution in [0.2, 0.25) is 0 Å². The van der Waals surface area contributed by atoms with Crippen LogP contribution in [-0.4, -0.2) is 29.8 Å². The number of aliphatic hydroxyl groups excluding tert-OH is 1. The molecule has 0 fully saturated rings. The predicted octanol–water partition coefficient (Wildman–Crippen LogP) is 1.81. The summed E-state index contributed by atoms with van der Waals surface area (Å²) in [6.45, 7) is 0.146. The minimum atomic E-state index is -0.245. The molecule has 2 aromatic rings. The maximum absolute atomic E-state index is 11.5. The summed E-state index contributed by atoms with van der Waals surface area (Å²) in [6, 6.07) is 7.88. The van der Waals surface area contributed by atoms with Crippen molar-refractivity contribution < 1.29 is 14.6 Å². The molecule has 0 bridgehead atoms. The first-order chi connectivity index (χ1) is 8.76. The van der Waals surface area contributed by atoms with Crippen molar-refractivity contribution in [1.82, 2.24) is 4.98 Å². The second-order valence-corrected chi connectivity index (χ2v) is 4.21. The van der Waals surface area contributed by atoms with E-state index in [4.69, 9.17) is 9.84 Å². The second-order valence-electron chi connectivity index (χ2n) is 4.21. The van der Waals surface area contributed by atoms with Crippen molar-refractivity contribution in [2.24, 2.45) is 0 Å². The fourth-order valence-electron chi connectivity index (χ4n) is 2.14. The lowest BCUT2D eigenvalue weighted by molar-refractivity contribution is -0.139. The number of aliphatic hydroxyl groups is 1. The third-order valence-electron chi connectivity index (χ3n) is 3.04. The molecule has 4 nitrogen and oxygen atoms in total. The van der Waals surface area contributed by atoms with E-state index >= 15 is 0 Å². The van der Waals surface area contributed by atoms with E-state index < -0.39 is 0 Å². The van der Waals surface area contributed by atoms with Crippen LogP contribution in [0.5, 0.6) is 0 Å². The van der Waals surface area contributed by atoms with Crippen molar-refractivity contribution in [3.05, 3.63) is 35.5 Å². The van der Waals surface area contributed by atoms with Gasteiger partial charge in [0.1, 0.15) is 0 Å². The molecule has 1 heterocycles. The van der Waals surface area contributed by atoms with Crippen LogP contribution in [-0.2, 0) is 22.4 Å². The third kappa shape index (κ3) is 2.54. The normalized spacial score (nSPS) is 10.8. The van der Waals surface area contributed by atoms with E-state index in [1.165, 1.54) is 7.11 Å². The minimum Gasteiger partial charge on any atom is -0.469 e. The van der Waals surface area contributed by atoms with E-state index in [0.29, 0.717) is 6.42 Å². The lowest BCUT2D eigenvalue weighted by Crippen LogP contribution is -2.06. The number of ether oxygens (including phenoxy) is 1. The van der Waals surface area contributed by atoms with E-state index in [9.17, 15) is 4.79 Å². The number of aromatic amines is 1. The topological polar surface area (TPSA) is 62.3 Å². The molecule has 96 valence electrons. The number of carbonyl (C=O) groups is 1. The Labute approximate surface area is 106 Å².